The van der Waals surface area contributed by atoms with Crippen LogP contribution in [0.3, 0.4) is 0 Å². The van der Waals surface area contributed by atoms with Gasteiger partial charge in [-0.2, -0.15) is 4.98 Å². The molecule has 1 unspecified atom stereocenters. The number of carbonyl (C=O) groups is 1. The second kappa shape index (κ2) is 7.51. The average Bonchev–Trinajstić information content (AvgIpc) is 2.65. The van der Waals surface area contributed by atoms with Crippen molar-refractivity contribution in [3.8, 4) is 0 Å². The first kappa shape index (κ1) is 17.2. The highest BCUT2D eigenvalue weighted by atomic mass is 16.2. The Morgan fingerprint density at radius 2 is 1.84 bits per heavy atom. The van der Waals surface area contributed by atoms with E-state index >= 15 is 0 Å². The molecule has 0 aliphatic heterocycles. The molecule has 0 fully saturated rings. The quantitative estimate of drug-likeness (QED) is 0.875. The van der Waals surface area contributed by atoms with E-state index in [1.165, 1.54) is 0 Å². The van der Waals surface area contributed by atoms with Crippen molar-refractivity contribution in [1.82, 2.24) is 15.3 Å². The third-order valence-electron chi connectivity index (χ3n) is 4.49. The SMILES string of the molecule is CNC(=O)C(Nc1nc(N(C)C)nc2c1CCCC2)c1ccccc1. The van der Waals surface area contributed by atoms with Gasteiger partial charge in [0.15, 0.2) is 0 Å². The first-order valence-electron chi connectivity index (χ1n) is 8.70. The maximum atomic E-state index is 12.5. The van der Waals surface area contributed by atoms with Gasteiger partial charge in [-0.15, -0.1) is 0 Å². The number of likely N-dealkylation sites (N-methyl/N-ethyl adjacent to an activating group) is 1. The van der Waals surface area contributed by atoms with Gasteiger partial charge < -0.3 is 15.5 Å². The zero-order chi connectivity index (χ0) is 17.8. The van der Waals surface area contributed by atoms with E-state index in [1.54, 1.807) is 7.05 Å². The molecule has 0 bridgehead atoms. The molecule has 0 saturated carbocycles. The third kappa shape index (κ3) is 3.73. The van der Waals surface area contributed by atoms with Crippen LogP contribution < -0.4 is 15.5 Å². The van der Waals surface area contributed by atoms with E-state index in [-0.39, 0.29) is 5.91 Å². The highest BCUT2D eigenvalue weighted by Gasteiger charge is 2.24. The number of nitrogens with zero attached hydrogens (tertiary/aromatic N) is 3. The van der Waals surface area contributed by atoms with Crippen molar-refractivity contribution in [3.63, 3.8) is 0 Å². The lowest BCUT2D eigenvalue weighted by Crippen LogP contribution is -2.32. The van der Waals surface area contributed by atoms with Gasteiger partial charge in [0.05, 0.1) is 5.69 Å². The van der Waals surface area contributed by atoms with E-state index in [1.807, 2.05) is 49.3 Å². The molecule has 1 atom stereocenters. The summed E-state index contributed by atoms with van der Waals surface area (Å²) in [7, 11) is 5.52. The summed E-state index contributed by atoms with van der Waals surface area (Å²) < 4.78 is 0. The number of amides is 1. The topological polar surface area (TPSA) is 70.2 Å². The van der Waals surface area contributed by atoms with Gasteiger partial charge in [-0.3, -0.25) is 4.79 Å². The van der Waals surface area contributed by atoms with Crippen LogP contribution in [-0.4, -0.2) is 37.0 Å². The lowest BCUT2D eigenvalue weighted by Gasteiger charge is -2.25. The lowest BCUT2D eigenvalue weighted by atomic mass is 9.96. The number of fused-ring (bicyclic) bond motifs is 1. The number of carbonyl (C=O) groups excluding carboxylic acids is 1. The summed E-state index contributed by atoms with van der Waals surface area (Å²) in [5.74, 6) is 1.36. The minimum Gasteiger partial charge on any atom is -0.357 e. The molecule has 1 heterocycles. The molecule has 0 saturated heterocycles. The van der Waals surface area contributed by atoms with Gasteiger partial charge in [-0.05, 0) is 31.2 Å². The Balaban J connectivity index is 2.01. The molecule has 6 nitrogen and oxygen atoms in total. The molecule has 0 radical (unpaired) electrons. The Labute approximate surface area is 148 Å². The molecule has 1 aromatic heterocycles. The Kier molecular flexibility index (Phi) is 5.16. The van der Waals surface area contributed by atoms with Gasteiger partial charge in [0.2, 0.25) is 11.9 Å². The van der Waals surface area contributed by atoms with Gasteiger partial charge in [0, 0.05) is 26.7 Å². The van der Waals surface area contributed by atoms with Crippen LogP contribution in [0.1, 0.15) is 35.7 Å². The zero-order valence-corrected chi connectivity index (χ0v) is 15.0. The third-order valence-corrected chi connectivity index (χ3v) is 4.49. The summed E-state index contributed by atoms with van der Waals surface area (Å²) >= 11 is 0. The van der Waals surface area contributed by atoms with E-state index in [0.717, 1.165) is 48.3 Å². The summed E-state index contributed by atoms with van der Waals surface area (Å²) in [6.07, 6.45) is 4.18. The Hall–Kier alpha value is -2.63. The van der Waals surface area contributed by atoms with Gasteiger partial charge in [0.25, 0.3) is 0 Å². The molecule has 1 aromatic carbocycles. The van der Waals surface area contributed by atoms with Gasteiger partial charge in [-0.1, -0.05) is 30.3 Å². The van der Waals surface area contributed by atoms with Crippen molar-refractivity contribution in [1.29, 1.82) is 0 Å². The van der Waals surface area contributed by atoms with Crippen LogP contribution in [0, 0.1) is 0 Å². The number of aryl methyl sites for hydroxylation is 1. The number of benzene rings is 1. The first-order valence-corrected chi connectivity index (χ1v) is 8.70. The molecule has 0 spiro atoms. The predicted molar refractivity (Wildman–Crippen MR) is 99.9 cm³/mol. The largest absolute Gasteiger partial charge is 0.357 e. The highest BCUT2D eigenvalue weighted by Crippen LogP contribution is 2.30. The number of aromatic nitrogens is 2. The minimum absolute atomic E-state index is 0.0826. The molecule has 6 heteroatoms. The molecule has 1 aliphatic carbocycles. The normalized spacial score (nSPS) is 14.4. The fraction of sp³-hybridized carbons (Fsp3) is 0.421. The van der Waals surface area contributed by atoms with Crippen LogP contribution in [0.5, 0.6) is 0 Å². The molecule has 2 N–H and O–H groups in total. The van der Waals surface area contributed by atoms with Crippen molar-refractivity contribution in [3.05, 3.63) is 47.2 Å². The minimum atomic E-state index is -0.484. The number of hydrogen-bond acceptors (Lipinski definition) is 5. The van der Waals surface area contributed by atoms with Gasteiger partial charge in [-0.25, -0.2) is 4.98 Å². The molecule has 1 amide bonds. The zero-order valence-electron chi connectivity index (χ0n) is 15.0. The van der Waals surface area contributed by atoms with Crippen LogP contribution >= 0.6 is 0 Å². The van der Waals surface area contributed by atoms with Crippen molar-refractivity contribution >= 4 is 17.7 Å². The number of rotatable bonds is 5. The second-order valence-electron chi connectivity index (χ2n) is 6.50. The lowest BCUT2D eigenvalue weighted by molar-refractivity contribution is -0.121. The van der Waals surface area contributed by atoms with E-state index in [2.05, 4.69) is 10.6 Å². The fourth-order valence-corrected chi connectivity index (χ4v) is 3.13. The maximum absolute atomic E-state index is 12.5. The molecule has 132 valence electrons. The average molecular weight is 339 g/mol. The van der Waals surface area contributed by atoms with E-state index in [0.29, 0.717) is 5.95 Å². The molecule has 1 aliphatic rings. The predicted octanol–water partition coefficient (Wildman–Crippen LogP) is 2.32. The second-order valence-corrected chi connectivity index (χ2v) is 6.50. The number of anilines is 2. The van der Waals surface area contributed by atoms with Crippen molar-refractivity contribution in [2.45, 2.75) is 31.7 Å². The molecule has 2 aromatic rings. The van der Waals surface area contributed by atoms with Crippen LogP contribution in [0.15, 0.2) is 30.3 Å². The summed E-state index contributed by atoms with van der Waals surface area (Å²) in [6.45, 7) is 0. The fourth-order valence-electron chi connectivity index (χ4n) is 3.13. The maximum Gasteiger partial charge on any atom is 0.246 e. The van der Waals surface area contributed by atoms with E-state index in [4.69, 9.17) is 9.97 Å². The van der Waals surface area contributed by atoms with E-state index in [9.17, 15) is 4.79 Å². The van der Waals surface area contributed by atoms with E-state index < -0.39 is 6.04 Å². The van der Waals surface area contributed by atoms with Crippen molar-refractivity contribution in [2.24, 2.45) is 0 Å². The molecular weight excluding hydrogens is 314 g/mol. The molecule has 25 heavy (non-hydrogen) atoms. The van der Waals surface area contributed by atoms with Gasteiger partial charge in [0.1, 0.15) is 11.9 Å². The van der Waals surface area contributed by atoms with Gasteiger partial charge >= 0.3 is 0 Å². The molecular formula is C19H25N5O. The summed E-state index contributed by atoms with van der Waals surface area (Å²) in [5, 5.41) is 6.13. The van der Waals surface area contributed by atoms with Crippen LogP contribution in [-0.2, 0) is 17.6 Å². The smallest absolute Gasteiger partial charge is 0.246 e. The Morgan fingerprint density at radius 3 is 2.52 bits per heavy atom. The van der Waals surface area contributed by atoms with Crippen LogP contribution in [0.2, 0.25) is 0 Å². The Bertz CT molecular complexity index is 745. The summed E-state index contributed by atoms with van der Waals surface area (Å²) in [5.41, 5.74) is 3.15. The van der Waals surface area contributed by atoms with Crippen LogP contribution in [0.4, 0.5) is 11.8 Å². The summed E-state index contributed by atoms with van der Waals surface area (Å²) in [6, 6.07) is 9.24. The highest BCUT2D eigenvalue weighted by molar-refractivity contribution is 5.85. The van der Waals surface area contributed by atoms with Crippen molar-refractivity contribution < 1.29 is 4.79 Å². The summed E-state index contributed by atoms with van der Waals surface area (Å²) in [4.78, 5) is 23.8. The first-order chi connectivity index (χ1) is 12.1. The number of nitrogens with one attached hydrogen (secondary N) is 2. The van der Waals surface area contributed by atoms with Crippen molar-refractivity contribution in [2.75, 3.05) is 31.4 Å². The molecule has 3 rings (SSSR count). The van der Waals surface area contributed by atoms with Crippen LogP contribution in [0.25, 0.3) is 0 Å². The monoisotopic (exact) mass is 339 g/mol. The number of hydrogen-bond donors (Lipinski definition) is 2. The Morgan fingerprint density at radius 1 is 1.12 bits per heavy atom. The standard InChI is InChI=1S/C19H25N5O/c1-20-18(25)16(13-9-5-4-6-10-13)22-17-14-11-7-8-12-15(14)21-19(23-17)24(2)3/h4-6,9-10,16H,7-8,11-12H2,1-3H3,(H,20,25)(H,21,22,23).